The van der Waals surface area contributed by atoms with Gasteiger partial charge in [0.1, 0.15) is 11.3 Å². The summed E-state index contributed by atoms with van der Waals surface area (Å²) in [5.41, 5.74) is 2.13. The topological polar surface area (TPSA) is 56.5 Å². The van der Waals surface area contributed by atoms with E-state index < -0.39 is 5.63 Å². The highest BCUT2D eigenvalue weighted by Crippen LogP contribution is 2.34. The first-order valence-electron chi connectivity index (χ1n) is 7.23. The Bertz CT molecular complexity index is 761. The fourth-order valence-corrected chi connectivity index (χ4v) is 2.95. The van der Waals surface area contributed by atoms with Gasteiger partial charge in [0, 0.05) is 11.4 Å². The third kappa shape index (κ3) is 3.40. The molecule has 0 amide bonds. The lowest BCUT2D eigenvalue weighted by molar-refractivity contribution is 0.101. The number of Topliss-reactive ketones (excluding diaryl/α,β-unsaturated/α-hetero) is 1. The Labute approximate surface area is 137 Å². The minimum atomic E-state index is -0.398. The Morgan fingerprint density at radius 3 is 2.59 bits per heavy atom. The maximum Gasteiger partial charge on any atom is 0.336 e. The number of hydrogen-bond donors (Lipinski definition) is 0. The van der Waals surface area contributed by atoms with Crippen LogP contribution < -0.4 is 10.4 Å². The first-order chi connectivity index (χ1) is 10.5. The van der Waals surface area contributed by atoms with E-state index >= 15 is 0 Å². The van der Waals surface area contributed by atoms with E-state index in [1.54, 1.807) is 6.07 Å². The molecule has 4 nitrogen and oxygen atoms in total. The second kappa shape index (κ2) is 7.09. The number of rotatable bonds is 6. The molecule has 0 radical (unpaired) electrons. The zero-order valence-corrected chi connectivity index (χ0v) is 14.6. The van der Waals surface area contributed by atoms with Crippen molar-refractivity contribution >= 4 is 32.7 Å². The molecule has 0 bridgehead atoms. The van der Waals surface area contributed by atoms with Gasteiger partial charge in [0.05, 0.1) is 17.6 Å². The molecule has 118 valence electrons. The summed E-state index contributed by atoms with van der Waals surface area (Å²) in [6.07, 6.45) is 1.88. The summed E-state index contributed by atoms with van der Waals surface area (Å²) < 4.78 is 11.2. The fraction of sp³-hybridized carbons (Fsp3) is 0.412. The van der Waals surface area contributed by atoms with E-state index in [-0.39, 0.29) is 5.78 Å². The van der Waals surface area contributed by atoms with Crippen molar-refractivity contribution in [1.82, 2.24) is 0 Å². The lowest BCUT2D eigenvalue weighted by Gasteiger charge is -2.16. The molecule has 0 N–H and O–H groups in total. The number of benzene rings is 1. The summed E-state index contributed by atoms with van der Waals surface area (Å²) in [6.45, 7) is 5.69. The van der Waals surface area contributed by atoms with Crippen molar-refractivity contribution in [2.45, 2.75) is 33.6 Å². The van der Waals surface area contributed by atoms with Gasteiger partial charge < -0.3 is 9.15 Å². The summed E-state index contributed by atoms with van der Waals surface area (Å²) in [6, 6.07) is 3.15. The molecule has 22 heavy (non-hydrogen) atoms. The molecule has 1 aromatic carbocycles. The van der Waals surface area contributed by atoms with Crippen LogP contribution in [0.25, 0.3) is 11.0 Å². The van der Waals surface area contributed by atoms with Crippen molar-refractivity contribution in [2.24, 2.45) is 0 Å². The van der Waals surface area contributed by atoms with Crippen LogP contribution in [0.2, 0.25) is 0 Å². The van der Waals surface area contributed by atoms with E-state index in [1.165, 1.54) is 13.0 Å². The maximum atomic E-state index is 12.0. The molecule has 5 heteroatoms. The molecule has 0 spiro atoms. The van der Waals surface area contributed by atoms with Crippen LogP contribution in [0.4, 0.5) is 0 Å². The van der Waals surface area contributed by atoms with E-state index in [1.807, 2.05) is 13.8 Å². The molecule has 0 saturated carbocycles. The van der Waals surface area contributed by atoms with E-state index in [9.17, 15) is 9.59 Å². The molecular weight excluding hydrogens is 348 g/mol. The van der Waals surface area contributed by atoms with Gasteiger partial charge in [-0.05, 0) is 50.8 Å². The third-order valence-corrected chi connectivity index (χ3v) is 4.07. The van der Waals surface area contributed by atoms with Gasteiger partial charge >= 0.3 is 5.63 Å². The standard InChI is InChI=1S/C17H19BrO4/c1-10-8-13-16(11(2)9-14(20)22-13)17(15(10)12(3)19)21-7-5-4-6-18/h8-9H,4-7H2,1-3H3. The van der Waals surface area contributed by atoms with Crippen LogP contribution in [0, 0.1) is 13.8 Å². The highest BCUT2D eigenvalue weighted by atomic mass is 79.9. The van der Waals surface area contributed by atoms with Gasteiger partial charge in [0.15, 0.2) is 5.78 Å². The molecule has 0 aliphatic heterocycles. The number of aryl methyl sites for hydroxylation is 2. The van der Waals surface area contributed by atoms with E-state index in [4.69, 9.17) is 9.15 Å². The maximum absolute atomic E-state index is 12.0. The van der Waals surface area contributed by atoms with Crippen molar-refractivity contribution in [1.29, 1.82) is 0 Å². The van der Waals surface area contributed by atoms with Crippen LogP contribution in [-0.2, 0) is 0 Å². The normalized spacial score (nSPS) is 10.9. The largest absolute Gasteiger partial charge is 0.492 e. The number of carbonyl (C=O) groups excluding carboxylic acids is 1. The number of halogens is 1. The molecule has 2 rings (SSSR count). The summed E-state index contributed by atoms with van der Waals surface area (Å²) in [4.78, 5) is 23.6. The Kier molecular flexibility index (Phi) is 5.40. The molecule has 0 saturated heterocycles. The highest BCUT2D eigenvalue weighted by molar-refractivity contribution is 9.09. The average molecular weight is 367 g/mol. The van der Waals surface area contributed by atoms with Crippen LogP contribution in [-0.4, -0.2) is 17.7 Å². The Morgan fingerprint density at radius 1 is 1.23 bits per heavy atom. The van der Waals surface area contributed by atoms with Crippen LogP contribution >= 0.6 is 15.9 Å². The van der Waals surface area contributed by atoms with Crippen LogP contribution in [0.1, 0.15) is 41.3 Å². The predicted octanol–water partition coefficient (Wildman–Crippen LogP) is 4.17. The fourth-order valence-electron chi connectivity index (χ4n) is 2.55. The molecule has 0 fully saturated rings. The minimum absolute atomic E-state index is 0.0551. The van der Waals surface area contributed by atoms with E-state index in [2.05, 4.69) is 15.9 Å². The van der Waals surface area contributed by atoms with Crippen molar-refractivity contribution in [3.63, 3.8) is 0 Å². The number of hydrogen-bond acceptors (Lipinski definition) is 4. The number of ether oxygens (including phenoxy) is 1. The Balaban J connectivity index is 2.63. The van der Waals surface area contributed by atoms with Gasteiger partial charge in [0.25, 0.3) is 0 Å². The summed E-state index contributed by atoms with van der Waals surface area (Å²) in [5.74, 6) is 0.471. The lowest BCUT2D eigenvalue weighted by Crippen LogP contribution is -2.08. The van der Waals surface area contributed by atoms with Crippen molar-refractivity contribution in [3.8, 4) is 5.75 Å². The summed E-state index contributed by atoms with van der Waals surface area (Å²) in [7, 11) is 0. The predicted molar refractivity (Wildman–Crippen MR) is 90.5 cm³/mol. The number of ketones is 1. The van der Waals surface area contributed by atoms with Gasteiger partial charge in [-0.1, -0.05) is 15.9 Å². The monoisotopic (exact) mass is 366 g/mol. The number of fused-ring (bicyclic) bond motifs is 1. The smallest absolute Gasteiger partial charge is 0.336 e. The van der Waals surface area contributed by atoms with Crippen molar-refractivity contribution in [3.05, 3.63) is 39.2 Å². The summed E-state index contributed by atoms with van der Waals surface area (Å²) >= 11 is 3.39. The van der Waals surface area contributed by atoms with E-state index in [0.29, 0.717) is 28.9 Å². The van der Waals surface area contributed by atoms with E-state index in [0.717, 1.165) is 29.3 Å². The average Bonchev–Trinajstić information content (AvgIpc) is 2.41. The number of alkyl halides is 1. The Hall–Kier alpha value is -1.62. The van der Waals surface area contributed by atoms with Gasteiger partial charge in [-0.3, -0.25) is 4.79 Å². The molecule has 0 aliphatic rings. The van der Waals surface area contributed by atoms with Gasteiger partial charge in [-0.15, -0.1) is 0 Å². The van der Waals surface area contributed by atoms with Gasteiger partial charge in [-0.2, -0.15) is 0 Å². The highest BCUT2D eigenvalue weighted by Gasteiger charge is 2.19. The van der Waals surface area contributed by atoms with Crippen LogP contribution in [0.15, 0.2) is 21.3 Å². The minimum Gasteiger partial charge on any atom is -0.492 e. The summed E-state index contributed by atoms with van der Waals surface area (Å²) in [5, 5.41) is 1.62. The zero-order chi connectivity index (χ0) is 16.3. The second-order valence-electron chi connectivity index (χ2n) is 5.32. The first-order valence-corrected chi connectivity index (χ1v) is 8.35. The third-order valence-electron chi connectivity index (χ3n) is 3.51. The van der Waals surface area contributed by atoms with Crippen LogP contribution in [0.3, 0.4) is 0 Å². The molecular formula is C17H19BrO4. The Morgan fingerprint density at radius 2 is 1.95 bits per heavy atom. The molecule has 1 heterocycles. The number of carbonyl (C=O) groups is 1. The lowest BCUT2D eigenvalue weighted by atomic mass is 9.98. The van der Waals surface area contributed by atoms with Crippen molar-refractivity contribution < 1.29 is 13.9 Å². The number of unbranched alkanes of at least 4 members (excludes halogenated alkanes) is 1. The molecule has 0 unspecified atom stereocenters. The molecule has 2 aromatic rings. The molecule has 1 aromatic heterocycles. The van der Waals surface area contributed by atoms with Gasteiger partial charge in [0.2, 0.25) is 0 Å². The quantitative estimate of drug-likeness (QED) is 0.333. The first kappa shape index (κ1) is 16.7. The molecule has 0 atom stereocenters. The van der Waals surface area contributed by atoms with Gasteiger partial charge in [-0.25, -0.2) is 4.79 Å². The SMILES string of the molecule is CC(=O)c1c(C)cc2oc(=O)cc(C)c2c1OCCCCBr. The molecule has 0 aliphatic carbocycles. The van der Waals surface area contributed by atoms with Crippen LogP contribution in [0.5, 0.6) is 5.75 Å². The second-order valence-corrected chi connectivity index (χ2v) is 6.11. The zero-order valence-electron chi connectivity index (χ0n) is 13.0. The van der Waals surface area contributed by atoms with Crippen molar-refractivity contribution in [2.75, 3.05) is 11.9 Å².